The number of hydrogen-bond donors (Lipinski definition) is 0. The van der Waals surface area contributed by atoms with Gasteiger partial charge in [-0.3, -0.25) is 4.90 Å². The van der Waals surface area contributed by atoms with Crippen LogP contribution in [0.25, 0.3) is 0 Å². The molecule has 0 fully saturated rings. The number of nitrogens with zero attached hydrogens (tertiary/aromatic N) is 1. The number of aryl methyl sites for hydroxylation is 1. The number of methoxy groups -OCH3 is 1. The van der Waals surface area contributed by atoms with Gasteiger partial charge in [-0.1, -0.05) is 30.3 Å². The predicted octanol–water partition coefficient (Wildman–Crippen LogP) is 2.91. The molecule has 3 nitrogen and oxygen atoms in total. The summed E-state index contributed by atoms with van der Waals surface area (Å²) in [5, 5.41) is 0. The molecule has 2 aliphatic rings. The molecule has 0 amide bonds. The van der Waals surface area contributed by atoms with Crippen LogP contribution in [0, 0.1) is 0 Å². The lowest BCUT2D eigenvalue weighted by atomic mass is 9.97. The van der Waals surface area contributed by atoms with Crippen LogP contribution in [0.5, 0.6) is 0 Å². The number of ether oxygens (including phenoxy) is 1. The Labute approximate surface area is 126 Å². The highest BCUT2D eigenvalue weighted by atomic mass is 16.5. The van der Waals surface area contributed by atoms with Crippen molar-refractivity contribution in [1.29, 1.82) is 0 Å². The maximum Gasteiger partial charge on any atom is 0.334 e. The van der Waals surface area contributed by atoms with Crippen molar-refractivity contribution in [2.45, 2.75) is 31.6 Å². The average Bonchev–Trinajstić information content (AvgIpc) is 2.95. The summed E-state index contributed by atoms with van der Waals surface area (Å²) in [5.74, 6) is 0.514. The highest BCUT2D eigenvalue weighted by molar-refractivity contribution is 5.88. The molecular weight excluding hydrogens is 262 g/mol. The summed E-state index contributed by atoms with van der Waals surface area (Å²) in [5.41, 5.74) is 3.88. The molecule has 112 valence electrons. The Morgan fingerprint density at radius 1 is 1.38 bits per heavy atom. The number of hydrogen-bond acceptors (Lipinski definition) is 3. The van der Waals surface area contributed by atoms with E-state index in [-0.39, 0.29) is 5.97 Å². The zero-order chi connectivity index (χ0) is 14.7. The molecule has 0 radical (unpaired) electrons. The van der Waals surface area contributed by atoms with Gasteiger partial charge in [-0.05, 0) is 49.3 Å². The molecule has 0 bridgehead atoms. The van der Waals surface area contributed by atoms with E-state index >= 15 is 0 Å². The standard InChI is InChI=1S/C18H23NO2/c1-21-18(20)16-6-4-11-19(13-16)12-10-15-9-8-14-5-2-3-7-17(14)15/h2-3,5-7,15H,4,8-13H2,1H3. The Morgan fingerprint density at radius 2 is 2.24 bits per heavy atom. The molecule has 1 aliphatic carbocycles. The number of fused-ring (bicyclic) bond motifs is 1. The van der Waals surface area contributed by atoms with Gasteiger partial charge in [0.1, 0.15) is 0 Å². The van der Waals surface area contributed by atoms with Crippen LogP contribution in [-0.4, -0.2) is 37.6 Å². The molecular formula is C18H23NO2. The molecule has 0 N–H and O–H groups in total. The maximum absolute atomic E-state index is 11.6. The third-order valence-corrected chi connectivity index (χ3v) is 4.73. The Bertz CT molecular complexity index is 550. The first kappa shape index (κ1) is 14.3. The highest BCUT2D eigenvalue weighted by Gasteiger charge is 2.24. The molecule has 1 aromatic rings. The van der Waals surface area contributed by atoms with Gasteiger partial charge in [-0.25, -0.2) is 4.79 Å². The van der Waals surface area contributed by atoms with Gasteiger partial charge in [0, 0.05) is 18.7 Å². The number of benzene rings is 1. The predicted molar refractivity (Wildman–Crippen MR) is 83.3 cm³/mol. The van der Waals surface area contributed by atoms with E-state index in [4.69, 9.17) is 4.74 Å². The molecule has 3 heteroatoms. The summed E-state index contributed by atoms with van der Waals surface area (Å²) in [6.45, 7) is 2.85. The summed E-state index contributed by atoms with van der Waals surface area (Å²) >= 11 is 0. The Balaban J connectivity index is 1.55. The zero-order valence-corrected chi connectivity index (χ0v) is 12.7. The largest absolute Gasteiger partial charge is 0.466 e. The fraction of sp³-hybridized carbons (Fsp3) is 0.500. The van der Waals surface area contributed by atoms with Crippen molar-refractivity contribution >= 4 is 5.97 Å². The normalized spacial score (nSPS) is 21.8. The molecule has 21 heavy (non-hydrogen) atoms. The monoisotopic (exact) mass is 285 g/mol. The second-order valence-electron chi connectivity index (χ2n) is 6.01. The molecule has 1 aromatic carbocycles. The van der Waals surface area contributed by atoms with E-state index in [0.29, 0.717) is 5.92 Å². The highest BCUT2D eigenvalue weighted by Crippen LogP contribution is 2.35. The first-order chi connectivity index (χ1) is 10.3. The number of carbonyl (C=O) groups excluding carboxylic acids is 1. The summed E-state index contributed by atoms with van der Waals surface area (Å²) in [6.07, 6.45) is 6.64. The van der Waals surface area contributed by atoms with Crippen LogP contribution >= 0.6 is 0 Å². The molecule has 1 unspecified atom stereocenters. The van der Waals surface area contributed by atoms with Crippen molar-refractivity contribution in [2.24, 2.45) is 0 Å². The van der Waals surface area contributed by atoms with E-state index in [9.17, 15) is 4.79 Å². The third kappa shape index (κ3) is 3.18. The first-order valence-corrected chi connectivity index (χ1v) is 7.85. The molecule has 0 spiro atoms. The van der Waals surface area contributed by atoms with Crippen LogP contribution in [-0.2, 0) is 16.0 Å². The lowest BCUT2D eigenvalue weighted by molar-refractivity contribution is -0.136. The van der Waals surface area contributed by atoms with Crippen molar-refractivity contribution < 1.29 is 9.53 Å². The Kier molecular flexibility index (Phi) is 4.39. The van der Waals surface area contributed by atoms with E-state index in [1.807, 2.05) is 6.08 Å². The van der Waals surface area contributed by atoms with E-state index in [1.165, 1.54) is 31.9 Å². The summed E-state index contributed by atoms with van der Waals surface area (Å²) in [6, 6.07) is 8.83. The van der Waals surface area contributed by atoms with E-state index < -0.39 is 0 Å². The van der Waals surface area contributed by atoms with Gasteiger partial charge in [0.2, 0.25) is 0 Å². The van der Waals surface area contributed by atoms with Gasteiger partial charge in [-0.15, -0.1) is 0 Å². The third-order valence-electron chi connectivity index (χ3n) is 4.73. The zero-order valence-electron chi connectivity index (χ0n) is 12.7. The van der Waals surface area contributed by atoms with Crippen molar-refractivity contribution in [1.82, 2.24) is 4.90 Å². The van der Waals surface area contributed by atoms with Gasteiger partial charge in [0.25, 0.3) is 0 Å². The number of rotatable bonds is 4. The van der Waals surface area contributed by atoms with Crippen LogP contribution < -0.4 is 0 Å². The molecule has 3 rings (SSSR count). The minimum Gasteiger partial charge on any atom is -0.466 e. The number of carbonyl (C=O) groups is 1. The van der Waals surface area contributed by atoms with Crippen LogP contribution in [0.2, 0.25) is 0 Å². The molecule has 1 atom stereocenters. The molecule has 0 saturated heterocycles. The summed E-state index contributed by atoms with van der Waals surface area (Å²) < 4.78 is 4.83. The van der Waals surface area contributed by atoms with Crippen LogP contribution in [0.4, 0.5) is 0 Å². The van der Waals surface area contributed by atoms with Gasteiger partial charge < -0.3 is 4.74 Å². The SMILES string of the molecule is COC(=O)C1=CCCN(CCC2CCc3ccccc32)C1. The maximum atomic E-state index is 11.6. The van der Waals surface area contributed by atoms with Crippen LogP contribution in [0.3, 0.4) is 0 Å². The van der Waals surface area contributed by atoms with Gasteiger partial charge in [-0.2, -0.15) is 0 Å². The Hall–Kier alpha value is -1.61. The molecule has 0 saturated carbocycles. The Morgan fingerprint density at radius 3 is 3.10 bits per heavy atom. The van der Waals surface area contributed by atoms with E-state index in [1.54, 1.807) is 5.56 Å². The van der Waals surface area contributed by atoms with Gasteiger partial charge >= 0.3 is 5.97 Å². The van der Waals surface area contributed by atoms with E-state index in [2.05, 4.69) is 29.2 Å². The lowest BCUT2D eigenvalue weighted by Gasteiger charge is -2.27. The van der Waals surface area contributed by atoms with Crippen molar-refractivity contribution in [3.05, 3.63) is 47.0 Å². The molecule has 0 aromatic heterocycles. The quantitative estimate of drug-likeness (QED) is 0.797. The van der Waals surface area contributed by atoms with Gasteiger partial charge in [0.05, 0.1) is 7.11 Å². The van der Waals surface area contributed by atoms with Crippen molar-refractivity contribution in [3.8, 4) is 0 Å². The van der Waals surface area contributed by atoms with Crippen LogP contribution in [0.1, 0.15) is 36.3 Å². The first-order valence-electron chi connectivity index (χ1n) is 7.85. The minimum absolute atomic E-state index is 0.175. The van der Waals surface area contributed by atoms with Crippen molar-refractivity contribution in [2.75, 3.05) is 26.7 Å². The molecule has 1 aliphatic heterocycles. The average molecular weight is 285 g/mol. The van der Waals surface area contributed by atoms with Crippen molar-refractivity contribution in [3.63, 3.8) is 0 Å². The smallest absolute Gasteiger partial charge is 0.334 e. The fourth-order valence-corrected chi connectivity index (χ4v) is 3.56. The molecule has 1 heterocycles. The number of esters is 1. The summed E-state index contributed by atoms with van der Waals surface area (Å²) in [7, 11) is 1.46. The minimum atomic E-state index is -0.175. The lowest BCUT2D eigenvalue weighted by Crippen LogP contribution is -2.33. The second-order valence-corrected chi connectivity index (χ2v) is 6.01. The van der Waals surface area contributed by atoms with E-state index in [0.717, 1.165) is 31.6 Å². The summed E-state index contributed by atoms with van der Waals surface area (Å²) in [4.78, 5) is 14.0. The van der Waals surface area contributed by atoms with Gasteiger partial charge in [0.15, 0.2) is 0 Å². The second kappa shape index (κ2) is 6.44. The topological polar surface area (TPSA) is 29.5 Å². The van der Waals surface area contributed by atoms with Crippen LogP contribution in [0.15, 0.2) is 35.9 Å². The fourth-order valence-electron chi connectivity index (χ4n) is 3.56.